The fraction of sp³-hybridized carbons (Fsp3) is 0.500. The molecule has 0 aromatic heterocycles. The van der Waals surface area contributed by atoms with E-state index in [1.807, 2.05) is 12.1 Å². The predicted molar refractivity (Wildman–Crippen MR) is 80.9 cm³/mol. The molecule has 18 heavy (non-hydrogen) atoms. The van der Waals surface area contributed by atoms with E-state index in [4.69, 9.17) is 9.47 Å². The Morgan fingerprint density at radius 3 is 2.61 bits per heavy atom. The van der Waals surface area contributed by atoms with E-state index in [-0.39, 0.29) is 5.97 Å². The maximum absolute atomic E-state index is 11.6. The van der Waals surface area contributed by atoms with E-state index in [9.17, 15) is 4.79 Å². The molecule has 4 heteroatoms. The lowest BCUT2D eigenvalue weighted by Crippen LogP contribution is -2.06. The summed E-state index contributed by atoms with van der Waals surface area (Å²) in [5.74, 6) is 0.737. The zero-order chi connectivity index (χ0) is 13.5. The van der Waals surface area contributed by atoms with Gasteiger partial charge >= 0.3 is 5.97 Å². The van der Waals surface area contributed by atoms with Gasteiger partial charge in [0.25, 0.3) is 0 Å². The van der Waals surface area contributed by atoms with E-state index in [0.717, 1.165) is 17.3 Å². The molecule has 1 aromatic rings. The molecule has 3 nitrogen and oxygen atoms in total. The number of ether oxygens (including phenoxy) is 2. The van der Waals surface area contributed by atoms with Gasteiger partial charge in [0.15, 0.2) is 0 Å². The molecule has 0 N–H and O–H groups in total. The van der Waals surface area contributed by atoms with Crippen molar-refractivity contribution in [2.24, 2.45) is 0 Å². The smallest absolute Gasteiger partial charge is 0.341 e. The Morgan fingerprint density at radius 1 is 1.39 bits per heavy atom. The van der Waals surface area contributed by atoms with Gasteiger partial charge in [-0.2, -0.15) is 0 Å². The first-order valence-electron chi connectivity index (χ1n) is 6.00. The van der Waals surface area contributed by atoms with Gasteiger partial charge in [0.2, 0.25) is 0 Å². The number of carbonyl (C=O) groups is 1. The van der Waals surface area contributed by atoms with Crippen molar-refractivity contribution in [1.82, 2.24) is 0 Å². The minimum atomic E-state index is -0.361. The maximum Gasteiger partial charge on any atom is 0.341 e. The molecule has 0 aliphatic rings. The maximum atomic E-state index is 11.6. The van der Waals surface area contributed by atoms with Gasteiger partial charge in [-0.1, -0.05) is 42.0 Å². The number of methoxy groups -OCH3 is 2. The van der Waals surface area contributed by atoms with Crippen molar-refractivity contribution in [3.8, 4) is 5.75 Å². The quantitative estimate of drug-likeness (QED) is 0.439. The van der Waals surface area contributed by atoms with E-state index >= 15 is 0 Å². The van der Waals surface area contributed by atoms with E-state index in [2.05, 4.69) is 29.5 Å². The number of carbonyl (C=O) groups excluding carboxylic acids is 1. The average molecular weight is 362 g/mol. The van der Waals surface area contributed by atoms with Crippen LogP contribution >= 0.6 is 22.6 Å². The second kappa shape index (κ2) is 7.61. The Kier molecular flexibility index (Phi) is 6.46. The highest BCUT2D eigenvalue weighted by Gasteiger charge is 2.16. The van der Waals surface area contributed by atoms with Crippen LogP contribution in [0, 0.1) is 0 Å². The molecule has 0 aliphatic heterocycles. The molecule has 0 heterocycles. The van der Waals surface area contributed by atoms with E-state index in [1.165, 1.54) is 12.7 Å². The highest BCUT2D eigenvalue weighted by Crippen LogP contribution is 2.29. The lowest BCUT2D eigenvalue weighted by Gasteiger charge is -2.16. The Bertz CT molecular complexity index is 404. The Balaban J connectivity index is 3.07. The van der Waals surface area contributed by atoms with Gasteiger partial charge in [-0.3, -0.25) is 0 Å². The molecule has 1 atom stereocenters. The number of hydrogen-bond donors (Lipinski definition) is 0. The summed E-state index contributed by atoms with van der Waals surface area (Å²) in [5.41, 5.74) is 1.70. The van der Waals surface area contributed by atoms with Crippen LogP contribution < -0.4 is 4.74 Å². The molecule has 0 radical (unpaired) electrons. The number of hydrogen-bond acceptors (Lipinski definition) is 3. The number of alkyl halides is 1. The molecule has 100 valence electrons. The first-order chi connectivity index (χ1) is 8.67. The standard InChI is InChI=1S/C14H19IO3/c1-4-5-11(9-15)10-6-7-12(14(16)18-3)13(8-10)17-2/h6-8,11H,4-5,9H2,1-3H3. The van der Waals surface area contributed by atoms with Gasteiger partial charge in [-0.15, -0.1) is 0 Å². The van der Waals surface area contributed by atoms with E-state index in [1.54, 1.807) is 13.2 Å². The monoisotopic (exact) mass is 362 g/mol. The first-order valence-corrected chi connectivity index (χ1v) is 7.52. The molecule has 1 unspecified atom stereocenters. The molecule has 1 rings (SSSR count). The summed E-state index contributed by atoms with van der Waals surface area (Å²) >= 11 is 2.40. The van der Waals surface area contributed by atoms with Crippen molar-refractivity contribution in [3.05, 3.63) is 29.3 Å². The zero-order valence-corrected chi connectivity index (χ0v) is 13.2. The van der Waals surface area contributed by atoms with E-state index < -0.39 is 0 Å². The normalized spacial score (nSPS) is 12.0. The average Bonchev–Trinajstić information content (AvgIpc) is 2.43. The fourth-order valence-corrected chi connectivity index (χ4v) is 2.87. The SMILES string of the molecule is CCCC(CI)c1ccc(C(=O)OC)c(OC)c1. The van der Waals surface area contributed by atoms with Crippen LogP contribution in [-0.2, 0) is 4.74 Å². The summed E-state index contributed by atoms with van der Waals surface area (Å²) in [6, 6.07) is 5.73. The van der Waals surface area contributed by atoms with Crippen LogP contribution in [0.3, 0.4) is 0 Å². The van der Waals surface area contributed by atoms with Crippen LogP contribution in [0.4, 0.5) is 0 Å². The van der Waals surface area contributed by atoms with Crippen molar-refractivity contribution < 1.29 is 14.3 Å². The van der Waals surface area contributed by atoms with Crippen LogP contribution in [-0.4, -0.2) is 24.6 Å². The fourth-order valence-electron chi connectivity index (χ4n) is 1.92. The second-order valence-corrected chi connectivity index (χ2v) is 4.97. The predicted octanol–water partition coefficient (Wildman–Crippen LogP) is 3.80. The summed E-state index contributed by atoms with van der Waals surface area (Å²) in [6.07, 6.45) is 2.29. The molecule has 0 amide bonds. The summed E-state index contributed by atoms with van der Waals surface area (Å²) in [6.45, 7) is 2.18. The van der Waals surface area contributed by atoms with Crippen LogP contribution in [0.15, 0.2) is 18.2 Å². The largest absolute Gasteiger partial charge is 0.496 e. The van der Waals surface area contributed by atoms with E-state index in [0.29, 0.717) is 17.2 Å². The first kappa shape index (κ1) is 15.3. The summed E-state index contributed by atoms with van der Waals surface area (Å²) in [4.78, 5) is 11.6. The number of halogens is 1. The molecule has 1 aromatic carbocycles. The van der Waals surface area contributed by atoms with Crippen molar-refractivity contribution in [1.29, 1.82) is 0 Å². The summed E-state index contributed by atoms with van der Waals surface area (Å²) in [7, 11) is 2.95. The van der Waals surface area contributed by atoms with Crippen molar-refractivity contribution in [2.75, 3.05) is 18.6 Å². The molecule has 0 saturated heterocycles. The minimum absolute atomic E-state index is 0.361. The molecule has 0 spiro atoms. The summed E-state index contributed by atoms with van der Waals surface area (Å²) in [5, 5.41) is 0. The van der Waals surface area contributed by atoms with Crippen molar-refractivity contribution >= 4 is 28.6 Å². The van der Waals surface area contributed by atoms with Gasteiger partial charge in [0.1, 0.15) is 11.3 Å². The topological polar surface area (TPSA) is 35.5 Å². The van der Waals surface area contributed by atoms with Gasteiger partial charge in [0.05, 0.1) is 14.2 Å². The Hall–Kier alpha value is -0.780. The molecular weight excluding hydrogens is 343 g/mol. The highest BCUT2D eigenvalue weighted by atomic mass is 127. The van der Waals surface area contributed by atoms with Gasteiger partial charge in [-0.05, 0) is 30.0 Å². The number of benzene rings is 1. The highest BCUT2D eigenvalue weighted by molar-refractivity contribution is 14.1. The summed E-state index contributed by atoms with van der Waals surface area (Å²) < 4.78 is 11.1. The third-order valence-corrected chi connectivity index (χ3v) is 3.99. The molecule has 0 saturated carbocycles. The number of esters is 1. The van der Waals surface area contributed by atoms with Crippen LogP contribution in [0.5, 0.6) is 5.75 Å². The molecule has 0 fully saturated rings. The molecule has 0 aliphatic carbocycles. The lowest BCUT2D eigenvalue weighted by atomic mass is 9.95. The minimum Gasteiger partial charge on any atom is -0.496 e. The lowest BCUT2D eigenvalue weighted by molar-refractivity contribution is 0.0597. The van der Waals surface area contributed by atoms with Gasteiger partial charge in [-0.25, -0.2) is 4.79 Å². The van der Waals surface area contributed by atoms with Gasteiger partial charge < -0.3 is 9.47 Å². The third kappa shape index (κ3) is 3.60. The molecule has 0 bridgehead atoms. The molecular formula is C14H19IO3. The Morgan fingerprint density at radius 2 is 2.11 bits per heavy atom. The van der Waals surface area contributed by atoms with Gasteiger partial charge in [0, 0.05) is 4.43 Å². The second-order valence-electron chi connectivity index (χ2n) is 4.09. The van der Waals surface area contributed by atoms with Crippen molar-refractivity contribution in [2.45, 2.75) is 25.7 Å². The number of rotatable bonds is 6. The zero-order valence-electron chi connectivity index (χ0n) is 11.0. The van der Waals surface area contributed by atoms with Crippen LogP contribution in [0.1, 0.15) is 41.6 Å². The van der Waals surface area contributed by atoms with Crippen molar-refractivity contribution in [3.63, 3.8) is 0 Å². The Labute approximate surface area is 122 Å². The van der Waals surface area contributed by atoms with Crippen LogP contribution in [0.2, 0.25) is 0 Å². The van der Waals surface area contributed by atoms with Crippen LogP contribution in [0.25, 0.3) is 0 Å². The third-order valence-electron chi connectivity index (χ3n) is 2.93.